The summed E-state index contributed by atoms with van der Waals surface area (Å²) in [7, 11) is 1.81. The first kappa shape index (κ1) is 20.7. The second-order valence-corrected chi connectivity index (χ2v) is 6.39. The summed E-state index contributed by atoms with van der Waals surface area (Å²) in [4.78, 5) is 14.0. The molecule has 1 fully saturated rings. The zero-order valence-electron chi connectivity index (χ0n) is 14.5. The third-order valence-electron chi connectivity index (χ3n) is 4.62. The number of benzene rings is 1. The smallest absolute Gasteiger partial charge is 0.222 e. The van der Waals surface area contributed by atoms with E-state index in [2.05, 4.69) is 12.2 Å². The van der Waals surface area contributed by atoms with Gasteiger partial charge in [-0.05, 0) is 62.0 Å². The molecule has 1 aliphatic heterocycles. The zero-order valence-corrected chi connectivity index (χ0v) is 15.3. The molecule has 1 amide bonds. The number of halogens is 2. The van der Waals surface area contributed by atoms with Gasteiger partial charge >= 0.3 is 0 Å². The molecule has 0 aliphatic carbocycles. The van der Waals surface area contributed by atoms with E-state index >= 15 is 0 Å². The van der Waals surface area contributed by atoms with Gasteiger partial charge in [0.25, 0.3) is 0 Å². The number of hydrogen-bond donors (Lipinski definition) is 1. The summed E-state index contributed by atoms with van der Waals surface area (Å²) in [5.74, 6) is 1.57. The first-order chi connectivity index (χ1) is 11.1. The lowest BCUT2D eigenvalue weighted by Gasteiger charge is -2.29. The van der Waals surface area contributed by atoms with Crippen molar-refractivity contribution in [2.75, 3.05) is 33.3 Å². The monoisotopic (exact) mass is 358 g/mol. The van der Waals surface area contributed by atoms with Gasteiger partial charge in [-0.25, -0.2) is 4.39 Å². The van der Waals surface area contributed by atoms with E-state index in [4.69, 9.17) is 4.74 Å². The molecule has 1 atom stereocenters. The fourth-order valence-corrected chi connectivity index (χ4v) is 2.97. The number of nitrogens with zero attached hydrogens (tertiary/aromatic N) is 1. The fraction of sp³-hybridized carbons (Fsp3) is 0.611. The van der Waals surface area contributed by atoms with Crippen molar-refractivity contribution in [2.45, 2.75) is 26.2 Å². The van der Waals surface area contributed by atoms with E-state index in [1.165, 1.54) is 12.1 Å². The van der Waals surface area contributed by atoms with Gasteiger partial charge in [-0.1, -0.05) is 6.92 Å². The summed E-state index contributed by atoms with van der Waals surface area (Å²) in [6, 6.07) is 5.92. The van der Waals surface area contributed by atoms with E-state index in [1.807, 2.05) is 7.05 Å². The molecule has 4 nitrogen and oxygen atoms in total. The van der Waals surface area contributed by atoms with Gasteiger partial charge in [0, 0.05) is 13.5 Å². The van der Waals surface area contributed by atoms with Gasteiger partial charge in [0.15, 0.2) is 0 Å². The maximum Gasteiger partial charge on any atom is 0.222 e. The van der Waals surface area contributed by atoms with Crippen molar-refractivity contribution in [3.8, 4) is 5.75 Å². The molecule has 0 saturated carbocycles. The molecule has 0 aromatic heterocycles. The minimum Gasteiger partial charge on any atom is -0.492 e. The molecule has 1 heterocycles. The molecule has 1 aliphatic rings. The van der Waals surface area contributed by atoms with Gasteiger partial charge in [0.05, 0.1) is 6.54 Å². The van der Waals surface area contributed by atoms with E-state index in [1.54, 1.807) is 17.0 Å². The third kappa shape index (κ3) is 6.65. The largest absolute Gasteiger partial charge is 0.492 e. The van der Waals surface area contributed by atoms with Crippen LogP contribution in [0.15, 0.2) is 24.3 Å². The minimum absolute atomic E-state index is 0. The molecule has 1 aromatic rings. The highest BCUT2D eigenvalue weighted by atomic mass is 35.5. The van der Waals surface area contributed by atoms with Crippen LogP contribution < -0.4 is 10.1 Å². The highest BCUT2D eigenvalue weighted by Crippen LogP contribution is 2.24. The Morgan fingerprint density at radius 3 is 2.58 bits per heavy atom. The quantitative estimate of drug-likeness (QED) is 0.814. The van der Waals surface area contributed by atoms with Crippen LogP contribution in [0.25, 0.3) is 0 Å². The lowest BCUT2D eigenvalue weighted by Crippen LogP contribution is -2.35. The van der Waals surface area contributed by atoms with Crippen LogP contribution in [0.3, 0.4) is 0 Å². The Kier molecular flexibility index (Phi) is 9.08. The second-order valence-electron chi connectivity index (χ2n) is 6.39. The molecule has 1 aromatic carbocycles. The van der Waals surface area contributed by atoms with Gasteiger partial charge in [-0.15, -0.1) is 12.4 Å². The number of carbonyl (C=O) groups is 1. The number of piperidine rings is 1. The van der Waals surface area contributed by atoms with Crippen molar-refractivity contribution in [2.24, 2.45) is 11.8 Å². The Morgan fingerprint density at radius 2 is 1.96 bits per heavy atom. The number of nitrogens with one attached hydrogen (secondary N) is 1. The van der Waals surface area contributed by atoms with Crippen LogP contribution in [0.5, 0.6) is 5.75 Å². The van der Waals surface area contributed by atoms with E-state index < -0.39 is 0 Å². The number of carbonyl (C=O) groups excluding carboxylic acids is 1. The van der Waals surface area contributed by atoms with E-state index in [0.29, 0.717) is 37.2 Å². The van der Waals surface area contributed by atoms with Crippen molar-refractivity contribution in [3.05, 3.63) is 30.1 Å². The average Bonchev–Trinajstić information content (AvgIpc) is 2.57. The molecule has 1 saturated heterocycles. The summed E-state index contributed by atoms with van der Waals surface area (Å²) < 4.78 is 18.3. The topological polar surface area (TPSA) is 41.6 Å². The lowest BCUT2D eigenvalue weighted by molar-refractivity contribution is -0.131. The first-order valence-electron chi connectivity index (χ1n) is 8.39. The van der Waals surface area contributed by atoms with Crippen molar-refractivity contribution in [1.82, 2.24) is 10.2 Å². The second kappa shape index (κ2) is 10.5. The normalized spacial score (nSPS) is 16.1. The van der Waals surface area contributed by atoms with E-state index in [0.717, 1.165) is 25.9 Å². The van der Waals surface area contributed by atoms with Crippen LogP contribution in [0, 0.1) is 17.7 Å². The van der Waals surface area contributed by atoms with E-state index in [-0.39, 0.29) is 24.1 Å². The van der Waals surface area contributed by atoms with Crippen molar-refractivity contribution >= 4 is 18.3 Å². The first-order valence-corrected chi connectivity index (χ1v) is 8.39. The molecule has 0 bridgehead atoms. The van der Waals surface area contributed by atoms with Gasteiger partial charge in [0.1, 0.15) is 18.2 Å². The highest BCUT2D eigenvalue weighted by Gasteiger charge is 2.23. The van der Waals surface area contributed by atoms with Crippen LogP contribution in [-0.4, -0.2) is 44.1 Å². The van der Waals surface area contributed by atoms with Crippen LogP contribution >= 0.6 is 12.4 Å². The average molecular weight is 359 g/mol. The lowest BCUT2D eigenvalue weighted by atomic mass is 9.84. The fourth-order valence-electron chi connectivity index (χ4n) is 2.97. The van der Waals surface area contributed by atoms with Crippen molar-refractivity contribution in [3.63, 3.8) is 0 Å². The van der Waals surface area contributed by atoms with Gasteiger partial charge in [0.2, 0.25) is 5.91 Å². The number of rotatable bonds is 7. The highest BCUT2D eigenvalue weighted by molar-refractivity contribution is 5.85. The summed E-state index contributed by atoms with van der Waals surface area (Å²) in [6.45, 7) is 5.25. The Labute approximate surface area is 150 Å². The predicted molar refractivity (Wildman–Crippen MR) is 96.2 cm³/mol. The molecular weight excluding hydrogens is 331 g/mol. The van der Waals surface area contributed by atoms with Crippen LogP contribution in [0.1, 0.15) is 26.2 Å². The Morgan fingerprint density at radius 1 is 1.33 bits per heavy atom. The Balaban J connectivity index is 0.00000288. The summed E-state index contributed by atoms with van der Waals surface area (Å²) in [6.07, 6.45) is 2.91. The molecule has 136 valence electrons. The molecule has 24 heavy (non-hydrogen) atoms. The van der Waals surface area contributed by atoms with E-state index in [9.17, 15) is 9.18 Å². The van der Waals surface area contributed by atoms with Crippen LogP contribution in [0.4, 0.5) is 4.39 Å². The number of hydrogen-bond acceptors (Lipinski definition) is 3. The molecule has 0 spiro atoms. The van der Waals surface area contributed by atoms with Gasteiger partial charge in [-0.2, -0.15) is 0 Å². The molecule has 1 N–H and O–H groups in total. The minimum atomic E-state index is -0.281. The van der Waals surface area contributed by atoms with Crippen LogP contribution in [0.2, 0.25) is 0 Å². The molecule has 1 unspecified atom stereocenters. The molecule has 0 radical (unpaired) electrons. The van der Waals surface area contributed by atoms with Crippen molar-refractivity contribution in [1.29, 1.82) is 0 Å². The Hall–Kier alpha value is -1.33. The Bertz CT molecular complexity index is 492. The van der Waals surface area contributed by atoms with Gasteiger partial charge in [-0.3, -0.25) is 4.79 Å². The number of likely N-dealkylation sites (N-methyl/N-ethyl adjacent to an activating group) is 1. The maximum absolute atomic E-state index is 12.8. The summed E-state index contributed by atoms with van der Waals surface area (Å²) in [5.41, 5.74) is 0. The summed E-state index contributed by atoms with van der Waals surface area (Å²) >= 11 is 0. The molecular formula is C18H28ClFN2O2. The SMILES string of the molecule is CC(CC(=O)N(C)CCOc1ccc(F)cc1)C1CCNCC1.Cl. The van der Waals surface area contributed by atoms with Crippen molar-refractivity contribution < 1.29 is 13.9 Å². The molecule has 2 rings (SSSR count). The predicted octanol–water partition coefficient (Wildman–Crippen LogP) is 3.11. The number of ether oxygens (including phenoxy) is 1. The summed E-state index contributed by atoms with van der Waals surface area (Å²) in [5, 5.41) is 3.36. The zero-order chi connectivity index (χ0) is 16.7. The third-order valence-corrected chi connectivity index (χ3v) is 4.62. The van der Waals surface area contributed by atoms with Gasteiger partial charge < -0.3 is 15.0 Å². The van der Waals surface area contributed by atoms with Crippen LogP contribution in [-0.2, 0) is 4.79 Å². The number of amides is 1. The maximum atomic E-state index is 12.8. The standard InChI is InChI=1S/C18H27FN2O2.ClH/c1-14(15-7-9-20-10-8-15)13-18(22)21(2)11-12-23-17-5-3-16(19)4-6-17;/h3-6,14-15,20H,7-13H2,1-2H3;1H. The molecule has 6 heteroatoms.